The topological polar surface area (TPSA) is 24.5 Å². The van der Waals surface area contributed by atoms with E-state index >= 15 is 0 Å². The maximum Gasteiger partial charge on any atom is 0.0678 e. The minimum atomic E-state index is 0.400. The molecule has 2 unspecified atom stereocenters. The molecule has 0 amide bonds. The molecule has 0 aromatic heterocycles. The minimum absolute atomic E-state index is 0.400. The molecule has 15 heavy (non-hydrogen) atoms. The quantitative estimate of drug-likeness (QED) is 0.759. The smallest absolute Gasteiger partial charge is 0.0678 e. The Hall–Kier alpha value is -0.120. The second kappa shape index (κ2) is 5.28. The zero-order valence-corrected chi connectivity index (χ0v) is 10.0. The van der Waals surface area contributed by atoms with Crippen molar-refractivity contribution in [1.82, 2.24) is 10.2 Å². The molecule has 3 nitrogen and oxygen atoms in total. The molecule has 0 aromatic rings. The van der Waals surface area contributed by atoms with Crippen LogP contribution >= 0.6 is 0 Å². The van der Waals surface area contributed by atoms with Gasteiger partial charge in [0.05, 0.1) is 12.2 Å². The molecule has 1 saturated heterocycles. The molecule has 1 heterocycles. The third-order valence-electron chi connectivity index (χ3n) is 3.46. The Morgan fingerprint density at radius 2 is 1.87 bits per heavy atom. The lowest BCUT2D eigenvalue weighted by Gasteiger charge is -2.36. The number of morpholine rings is 1. The summed E-state index contributed by atoms with van der Waals surface area (Å²) in [5, 5.41) is 3.61. The molecule has 2 fully saturated rings. The molecular formula is C12H24N2O. The van der Waals surface area contributed by atoms with Crippen molar-refractivity contribution < 1.29 is 4.74 Å². The molecule has 1 N–H and O–H groups in total. The van der Waals surface area contributed by atoms with Gasteiger partial charge < -0.3 is 10.1 Å². The number of hydrogen-bond acceptors (Lipinski definition) is 3. The van der Waals surface area contributed by atoms with Crippen LogP contribution in [0.25, 0.3) is 0 Å². The Morgan fingerprint density at radius 3 is 2.40 bits per heavy atom. The Labute approximate surface area is 93.2 Å². The van der Waals surface area contributed by atoms with Crippen molar-refractivity contribution in [3.8, 4) is 0 Å². The highest BCUT2D eigenvalue weighted by molar-refractivity contribution is 4.78. The molecule has 2 aliphatic rings. The van der Waals surface area contributed by atoms with E-state index in [1.807, 2.05) is 0 Å². The monoisotopic (exact) mass is 212 g/mol. The number of rotatable bonds is 4. The first kappa shape index (κ1) is 11.4. The Kier molecular flexibility index (Phi) is 4.00. The van der Waals surface area contributed by atoms with Crippen LogP contribution in [-0.2, 0) is 4.74 Å². The SMILES string of the molecule is CC1CN(CCNC2CCC2)CC(C)O1. The first-order valence-corrected chi connectivity index (χ1v) is 6.35. The van der Waals surface area contributed by atoms with Crippen LogP contribution in [-0.4, -0.2) is 49.3 Å². The van der Waals surface area contributed by atoms with E-state index in [0.717, 1.165) is 25.7 Å². The summed E-state index contributed by atoms with van der Waals surface area (Å²) < 4.78 is 5.71. The molecule has 88 valence electrons. The zero-order chi connectivity index (χ0) is 10.7. The molecule has 3 heteroatoms. The molecule has 1 saturated carbocycles. The first-order chi connectivity index (χ1) is 7.24. The fourth-order valence-electron chi connectivity index (χ4n) is 2.51. The molecule has 0 aromatic carbocycles. The summed E-state index contributed by atoms with van der Waals surface area (Å²) >= 11 is 0. The van der Waals surface area contributed by atoms with E-state index in [2.05, 4.69) is 24.1 Å². The first-order valence-electron chi connectivity index (χ1n) is 6.35. The van der Waals surface area contributed by atoms with Crippen molar-refractivity contribution in [2.45, 2.75) is 51.4 Å². The van der Waals surface area contributed by atoms with E-state index in [0.29, 0.717) is 12.2 Å². The minimum Gasteiger partial charge on any atom is -0.373 e. The number of hydrogen-bond donors (Lipinski definition) is 1. The van der Waals surface area contributed by atoms with Crippen molar-refractivity contribution in [2.75, 3.05) is 26.2 Å². The van der Waals surface area contributed by atoms with Crippen LogP contribution in [0.5, 0.6) is 0 Å². The van der Waals surface area contributed by atoms with Crippen LogP contribution in [0.15, 0.2) is 0 Å². The predicted octanol–water partition coefficient (Wildman–Crippen LogP) is 1.24. The number of ether oxygens (including phenoxy) is 1. The molecule has 1 aliphatic carbocycles. The van der Waals surface area contributed by atoms with Gasteiger partial charge >= 0.3 is 0 Å². The highest BCUT2D eigenvalue weighted by atomic mass is 16.5. The van der Waals surface area contributed by atoms with Crippen molar-refractivity contribution in [1.29, 1.82) is 0 Å². The molecular weight excluding hydrogens is 188 g/mol. The van der Waals surface area contributed by atoms with Crippen molar-refractivity contribution >= 4 is 0 Å². The largest absolute Gasteiger partial charge is 0.373 e. The molecule has 1 aliphatic heterocycles. The lowest BCUT2D eigenvalue weighted by Crippen LogP contribution is -2.48. The maximum absolute atomic E-state index is 5.71. The standard InChI is InChI=1S/C12H24N2O/c1-10-8-14(9-11(2)15-10)7-6-13-12-4-3-5-12/h10-13H,3-9H2,1-2H3. The molecule has 2 rings (SSSR count). The van der Waals surface area contributed by atoms with Gasteiger partial charge in [-0.2, -0.15) is 0 Å². The molecule has 2 atom stereocenters. The summed E-state index contributed by atoms with van der Waals surface area (Å²) in [5.41, 5.74) is 0. The van der Waals surface area contributed by atoms with Crippen LogP contribution in [0, 0.1) is 0 Å². The van der Waals surface area contributed by atoms with E-state index in [1.165, 1.54) is 25.8 Å². The van der Waals surface area contributed by atoms with E-state index in [-0.39, 0.29) is 0 Å². The van der Waals surface area contributed by atoms with Gasteiger partial charge in [-0.1, -0.05) is 6.42 Å². The second-order valence-corrected chi connectivity index (χ2v) is 5.10. The Morgan fingerprint density at radius 1 is 1.20 bits per heavy atom. The normalized spacial score (nSPS) is 34.0. The van der Waals surface area contributed by atoms with Crippen molar-refractivity contribution in [2.24, 2.45) is 0 Å². The summed E-state index contributed by atoms with van der Waals surface area (Å²) in [7, 11) is 0. The van der Waals surface area contributed by atoms with Gasteiger partial charge in [0.15, 0.2) is 0 Å². The van der Waals surface area contributed by atoms with Gasteiger partial charge in [-0.3, -0.25) is 4.90 Å². The predicted molar refractivity (Wildman–Crippen MR) is 62.1 cm³/mol. The van der Waals surface area contributed by atoms with Crippen molar-refractivity contribution in [3.05, 3.63) is 0 Å². The Balaban J connectivity index is 1.60. The highest BCUT2D eigenvalue weighted by Crippen LogP contribution is 2.17. The van der Waals surface area contributed by atoms with Crippen LogP contribution in [0.4, 0.5) is 0 Å². The fraction of sp³-hybridized carbons (Fsp3) is 1.00. The van der Waals surface area contributed by atoms with Crippen LogP contribution in [0.3, 0.4) is 0 Å². The number of nitrogens with zero attached hydrogens (tertiary/aromatic N) is 1. The van der Waals surface area contributed by atoms with Gasteiger partial charge in [0.25, 0.3) is 0 Å². The highest BCUT2D eigenvalue weighted by Gasteiger charge is 2.22. The lowest BCUT2D eigenvalue weighted by atomic mass is 9.93. The van der Waals surface area contributed by atoms with E-state index in [9.17, 15) is 0 Å². The molecule has 0 spiro atoms. The third kappa shape index (κ3) is 3.44. The molecule has 0 radical (unpaired) electrons. The van der Waals surface area contributed by atoms with Gasteiger partial charge in [0.1, 0.15) is 0 Å². The van der Waals surface area contributed by atoms with Gasteiger partial charge in [-0.25, -0.2) is 0 Å². The van der Waals surface area contributed by atoms with E-state index < -0.39 is 0 Å². The second-order valence-electron chi connectivity index (χ2n) is 5.10. The average Bonchev–Trinajstić information content (AvgIpc) is 2.07. The van der Waals surface area contributed by atoms with Gasteiger partial charge in [-0.05, 0) is 26.7 Å². The Bertz CT molecular complexity index is 184. The average molecular weight is 212 g/mol. The maximum atomic E-state index is 5.71. The zero-order valence-electron chi connectivity index (χ0n) is 10.0. The number of nitrogens with one attached hydrogen (secondary N) is 1. The summed E-state index contributed by atoms with van der Waals surface area (Å²) in [6.45, 7) is 8.84. The van der Waals surface area contributed by atoms with Crippen LogP contribution in [0.1, 0.15) is 33.1 Å². The third-order valence-corrected chi connectivity index (χ3v) is 3.46. The van der Waals surface area contributed by atoms with Gasteiger partial charge in [0, 0.05) is 32.2 Å². The van der Waals surface area contributed by atoms with Gasteiger partial charge in [0.2, 0.25) is 0 Å². The molecule has 0 bridgehead atoms. The van der Waals surface area contributed by atoms with Crippen molar-refractivity contribution in [3.63, 3.8) is 0 Å². The summed E-state index contributed by atoms with van der Waals surface area (Å²) in [5.74, 6) is 0. The lowest BCUT2D eigenvalue weighted by molar-refractivity contribution is -0.0676. The summed E-state index contributed by atoms with van der Waals surface area (Å²) in [6, 6.07) is 0.820. The van der Waals surface area contributed by atoms with Crippen LogP contribution in [0.2, 0.25) is 0 Å². The summed E-state index contributed by atoms with van der Waals surface area (Å²) in [6.07, 6.45) is 4.99. The summed E-state index contributed by atoms with van der Waals surface area (Å²) in [4.78, 5) is 2.52. The van der Waals surface area contributed by atoms with E-state index in [1.54, 1.807) is 0 Å². The van der Waals surface area contributed by atoms with Crippen LogP contribution < -0.4 is 5.32 Å². The van der Waals surface area contributed by atoms with E-state index in [4.69, 9.17) is 4.74 Å². The fourth-order valence-corrected chi connectivity index (χ4v) is 2.51. The van der Waals surface area contributed by atoms with Gasteiger partial charge in [-0.15, -0.1) is 0 Å².